The summed E-state index contributed by atoms with van der Waals surface area (Å²) < 4.78 is 14.8. The molecule has 2 aromatic rings. The molecule has 0 amide bonds. The molecular weight excluding hydrogens is 329 g/mol. The van der Waals surface area contributed by atoms with Crippen LogP contribution in [0.1, 0.15) is 35.2 Å². The van der Waals surface area contributed by atoms with Crippen molar-refractivity contribution < 1.29 is 4.39 Å². The Hall–Kier alpha value is -1.19. The topological polar surface area (TPSA) is 12.0 Å². The van der Waals surface area contributed by atoms with E-state index in [1.54, 1.807) is 0 Å². The molecule has 1 nitrogen and oxygen atoms in total. The number of aryl methyl sites for hydroxylation is 2. The van der Waals surface area contributed by atoms with Crippen molar-refractivity contribution in [3.8, 4) is 0 Å². The van der Waals surface area contributed by atoms with Crippen LogP contribution in [0.4, 0.5) is 4.39 Å². The van der Waals surface area contributed by atoms with E-state index in [1.165, 1.54) is 22.8 Å². The standard InChI is InChI=1S/C18H21BrFN/c1-4-21-18(16-8-5-12(2)9-13(16)3)10-14-6-7-15(19)11-17(14)20/h5-9,11,18,21H,4,10H2,1-3H3. The van der Waals surface area contributed by atoms with Crippen LogP contribution in [-0.4, -0.2) is 6.54 Å². The minimum Gasteiger partial charge on any atom is -0.310 e. The fourth-order valence-electron chi connectivity index (χ4n) is 2.66. The second-order valence-corrected chi connectivity index (χ2v) is 6.33. The minimum atomic E-state index is -0.156. The van der Waals surface area contributed by atoms with Gasteiger partial charge < -0.3 is 5.32 Å². The maximum atomic E-state index is 14.1. The lowest BCUT2D eigenvalue weighted by Crippen LogP contribution is -2.24. The molecule has 1 unspecified atom stereocenters. The van der Waals surface area contributed by atoms with Crippen molar-refractivity contribution in [3.63, 3.8) is 0 Å². The van der Waals surface area contributed by atoms with Gasteiger partial charge >= 0.3 is 0 Å². The van der Waals surface area contributed by atoms with Crippen LogP contribution in [-0.2, 0) is 6.42 Å². The van der Waals surface area contributed by atoms with Crippen LogP contribution >= 0.6 is 15.9 Å². The zero-order valence-electron chi connectivity index (χ0n) is 12.7. The number of likely N-dealkylation sites (N-methyl/N-ethyl adjacent to an activating group) is 1. The molecule has 0 fully saturated rings. The monoisotopic (exact) mass is 349 g/mol. The third-order valence-corrected chi connectivity index (χ3v) is 4.18. The highest BCUT2D eigenvalue weighted by atomic mass is 79.9. The second kappa shape index (κ2) is 7.19. The molecule has 0 aliphatic heterocycles. The highest BCUT2D eigenvalue weighted by Crippen LogP contribution is 2.25. The summed E-state index contributed by atoms with van der Waals surface area (Å²) in [5.74, 6) is -0.156. The van der Waals surface area contributed by atoms with Crippen LogP contribution in [0, 0.1) is 19.7 Å². The molecule has 0 aromatic heterocycles. The van der Waals surface area contributed by atoms with Crippen LogP contribution in [0.3, 0.4) is 0 Å². The second-order valence-electron chi connectivity index (χ2n) is 5.41. The number of rotatable bonds is 5. The Morgan fingerprint density at radius 1 is 1.14 bits per heavy atom. The Labute approximate surface area is 134 Å². The van der Waals surface area contributed by atoms with Crippen molar-refractivity contribution in [2.45, 2.75) is 33.2 Å². The Balaban J connectivity index is 2.30. The molecule has 0 heterocycles. The Morgan fingerprint density at radius 3 is 2.52 bits per heavy atom. The van der Waals surface area contributed by atoms with E-state index in [2.05, 4.69) is 60.2 Å². The minimum absolute atomic E-state index is 0.131. The van der Waals surface area contributed by atoms with Gasteiger partial charge in [0.05, 0.1) is 0 Å². The van der Waals surface area contributed by atoms with Crippen LogP contribution in [0.15, 0.2) is 40.9 Å². The van der Waals surface area contributed by atoms with Crippen molar-refractivity contribution in [1.82, 2.24) is 5.32 Å². The van der Waals surface area contributed by atoms with Gasteiger partial charge in [0.1, 0.15) is 5.82 Å². The van der Waals surface area contributed by atoms with E-state index in [0.29, 0.717) is 6.42 Å². The maximum absolute atomic E-state index is 14.1. The molecule has 3 heteroatoms. The normalized spacial score (nSPS) is 12.4. The van der Waals surface area contributed by atoms with Gasteiger partial charge in [-0.3, -0.25) is 0 Å². The van der Waals surface area contributed by atoms with Gasteiger partial charge in [0.2, 0.25) is 0 Å². The molecule has 0 spiro atoms. The molecule has 0 aliphatic carbocycles. The Bertz CT molecular complexity index is 625. The SMILES string of the molecule is CCNC(Cc1ccc(Br)cc1F)c1ccc(C)cc1C. The average Bonchev–Trinajstić information content (AvgIpc) is 2.41. The number of nitrogens with one attached hydrogen (secondary N) is 1. The summed E-state index contributed by atoms with van der Waals surface area (Å²) in [4.78, 5) is 0. The third kappa shape index (κ3) is 4.14. The molecule has 0 bridgehead atoms. The molecule has 1 N–H and O–H groups in total. The zero-order chi connectivity index (χ0) is 15.4. The van der Waals surface area contributed by atoms with Gasteiger partial charge in [-0.1, -0.05) is 52.7 Å². The lowest BCUT2D eigenvalue weighted by atomic mass is 9.94. The number of hydrogen-bond acceptors (Lipinski definition) is 1. The van der Waals surface area contributed by atoms with Crippen LogP contribution in [0.2, 0.25) is 0 Å². The summed E-state index contributed by atoms with van der Waals surface area (Å²) in [6.07, 6.45) is 0.650. The van der Waals surface area contributed by atoms with Crippen molar-refractivity contribution in [1.29, 1.82) is 0 Å². The molecule has 1 atom stereocenters. The first-order chi connectivity index (χ1) is 10.0. The van der Waals surface area contributed by atoms with Crippen molar-refractivity contribution in [2.24, 2.45) is 0 Å². The van der Waals surface area contributed by atoms with E-state index < -0.39 is 0 Å². The molecule has 0 saturated carbocycles. The highest BCUT2D eigenvalue weighted by molar-refractivity contribution is 9.10. The lowest BCUT2D eigenvalue weighted by Gasteiger charge is -2.21. The summed E-state index contributed by atoms with van der Waals surface area (Å²) in [5, 5.41) is 3.47. The van der Waals surface area contributed by atoms with Crippen molar-refractivity contribution in [2.75, 3.05) is 6.54 Å². The van der Waals surface area contributed by atoms with E-state index in [1.807, 2.05) is 12.1 Å². The predicted octanol–water partition coefficient (Wildman–Crippen LogP) is 5.10. The molecule has 0 radical (unpaired) electrons. The van der Waals surface area contributed by atoms with Gasteiger partial charge in [0, 0.05) is 10.5 Å². The quantitative estimate of drug-likeness (QED) is 0.791. The molecule has 2 aromatic carbocycles. The van der Waals surface area contributed by atoms with Crippen molar-refractivity contribution >= 4 is 15.9 Å². The number of halogens is 2. The van der Waals surface area contributed by atoms with Gasteiger partial charge in [-0.15, -0.1) is 0 Å². The van der Waals surface area contributed by atoms with Crippen molar-refractivity contribution in [3.05, 3.63) is 68.9 Å². The summed E-state index contributed by atoms with van der Waals surface area (Å²) in [6, 6.07) is 11.8. The van der Waals surface area contributed by atoms with Crippen LogP contribution in [0.5, 0.6) is 0 Å². The molecule has 0 aliphatic rings. The number of benzene rings is 2. The predicted molar refractivity (Wildman–Crippen MR) is 90.1 cm³/mol. The summed E-state index contributed by atoms with van der Waals surface area (Å²) >= 11 is 3.30. The van der Waals surface area contributed by atoms with E-state index in [-0.39, 0.29) is 11.9 Å². The molecule has 112 valence electrons. The third-order valence-electron chi connectivity index (χ3n) is 3.69. The smallest absolute Gasteiger partial charge is 0.127 e. The van der Waals surface area contributed by atoms with E-state index in [0.717, 1.165) is 16.6 Å². The van der Waals surface area contributed by atoms with Gasteiger partial charge in [-0.05, 0) is 55.6 Å². The summed E-state index contributed by atoms with van der Waals surface area (Å²) in [5.41, 5.74) is 4.48. The largest absolute Gasteiger partial charge is 0.310 e. The Morgan fingerprint density at radius 2 is 1.90 bits per heavy atom. The first-order valence-corrected chi connectivity index (χ1v) is 8.05. The zero-order valence-corrected chi connectivity index (χ0v) is 14.3. The fraction of sp³-hybridized carbons (Fsp3) is 0.333. The average molecular weight is 350 g/mol. The van der Waals surface area contributed by atoms with Crippen LogP contribution < -0.4 is 5.32 Å². The molecule has 0 saturated heterocycles. The highest BCUT2D eigenvalue weighted by Gasteiger charge is 2.15. The van der Waals surface area contributed by atoms with Gasteiger partial charge in [0.15, 0.2) is 0 Å². The molecule has 2 rings (SSSR count). The first kappa shape index (κ1) is 16.2. The Kier molecular flexibility index (Phi) is 5.54. The van der Waals surface area contributed by atoms with Gasteiger partial charge in [-0.25, -0.2) is 4.39 Å². The lowest BCUT2D eigenvalue weighted by molar-refractivity contribution is 0.526. The van der Waals surface area contributed by atoms with E-state index in [4.69, 9.17) is 0 Å². The molecule has 21 heavy (non-hydrogen) atoms. The summed E-state index contributed by atoms with van der Waals surface area (Å²) in [6.45, 7) is 7.14. The van der Waals surface area contributed by atoms with Crippen LogP contribution in [0.25, 0.3) is 0 Å². The van der Waals surface area contributed by atoms with E-state index in [9.17, 15) is 4.39 Å². The fourth-order valence-corrected chi connectivity index (χ4v) is 3.00. The maximum Gasteiger partial charge on any atom is 0.127 e. The van der Waals surface area contributed by atoms with E-state index >= 15 is 0 Å². The number of hydrogen-bond donors (Lipinski definition) is 1. The van der Waals surface area contributed by atoms with Gasteiger partial charge in [0.25, 0.3) is 0 Å². The first-order valence-electron chi connectivity index (χ1n) is 7.25. The van der Waals surface area contributed by atoms with Gasteiger partial charge in [-0.2, -0.15) is 0 Å². The molecular formula is C18H21BrFN. The summed E-state index contributed by atoms with van der Waals surface area (Å²) in [7, 11) is 0.